The molecule has 6 nitrogen and oxygen atoms in total. The number of carbonyl (C=O) groups excluding carboxylic acids is 3. The fourth-order valence-electron chi connectivity index (χ4n) is 2.55. The Bertz CT molecular complexity index is 984. The topological polar surface area (TPSA) is 76.8 Å². The van der Waals surface area contributed by atoms with E-state index in [0.717, 1.165) is 22.2 Å². The van der Waals surface area contributed by atoms with Crippen molar-refractivity contribution in [3.8, 4) is 11.3 Å². The Labute approximate surface area is 175 Å². The normalized spacial score (nSPS) is 16.7. The van der Waals surface area contributed by atoms with E-state index < -0.39 is 23.2 Å². The fourth-order valence-corrected chi connectivity index (χ4v) is 3.73. The molecule has 146 valence electrons. The second-order valence-electron chi connectivity index (χ2n) is 5.81. The monoisotopic (exact) mass is 439 g/mol. The molecule has 0 bridgehead atoms. The molecule has 0 spiro atoms. The van der Waals surface area contributed by atoms with Crippen LogP contribution < -0.4 is 0 Å². The Kier molecular flexibility index (Phi) is 6.17. The number of thioether (sulfide) groups is 1. The summed E-state index contributed by atoms with van der Waals surface area (Å²) in [6.07, 6.45) is 1.46. The summed E-state index contributed by atoms with van der Waals surface area (Å²) in [5, 5.41) is 0.292. The van der Waals surface area contributed by atoms with E-state index in [4.69, 9.17) is 32.4 Å². The number of halogens is 2. The number of nitrogens with zero attached hydrogens (tertiary/aromatic N) is 1. The summed E-state index contributed by atoms with van der Waals surface area (Å²) < 4.78 is 10.6. The molecule has 1 aromatic carbocycles. The van der Waals surface area contributed by atoms with Gasteiger partial charge in [-0.1, -0.05) is 23.2 Å². The molecule has 1 fully saturated rings. The van der Waals surface area contributed by atoms with E-state index in [1.807, 2.05) is 0 Å². The van der Waals surface area contributed by atoms with E-state index in [2.05, 4.69) is 0 Å². The average molecular weight is 440 g/mol. The van der Waals surface area contributed by atoms with Crippen LogP contribution in [0, 0.1) is 0 Å². The zero-order valence-electron chi connectivity index (χ0n) is 14.9. The lowest BCUT2D eigenvalue weighted by Crippen LogP contribution is -2.42. The number of amides is 2. The molecule has 2 amide bonds. The summed E-state index contributed by atoms with van der Waals surface area (Å²) in [4.78, 5) is 37.7. The second kappa shape index (κ2) is 8.43. The van der Waals surface area contributed by atoms with E-state index in [-0.39, 0.29) is 11.5 Å². The number of benzene rings is 1. The van der Waals surface area contributed by atoms with Gasteiger partial charge in [0, 0.05) is 11.6 Å². The van der Waals surface area contributed by atoms with E-state index in [1.54, 1.807) is 37.3 Å². The van der Waals surface area contributed by atoms with Gasteiger partial charge in [0.25, 0.3) is 11.1 Å². The number of rotatable bonds is 5. The van der Waals surface area contributed by atoms with Crippen LogP contribution in [0.3, 0.4) is 0 Å². The smallest absolute Gasteiger partial charge is 0.329 e. The summed E-state index contributed by atoms with van der Waals surface area (Å²) in [6, 6.07) is 7.47. The van der Waals surface area contributed by atoms with Crippen molar-refractivity contribution in [2.45, 2.75) is 19.9 Å². The first-order valence-corrected chi connectivity index (χ1v) is 9.88. The minimum absolute atomic E-state index is 0.163. The molecule has 0 saturated carbocycles. The Balaban J connectivity index is 1.82. The molecule has 2 aromatic rings. The van der Waals surface area contributed by atoms with Crippen LogP contribution in [0.25, 0.3) is 17.4 Å². The summed E-state index contributed by atoms with van der Waals surface area (Å²) in [7, 11) is 0. The predicted molar refractivity (Wildman–Crippen MR) is 108 cm³/mol. The van der Waals surface area contributed by atoms with Crippen LogP contribution in [0.4, 0.5) is 4.79 Å². The maximum absolute atomic E-state index is 12.6. The molecule has 1 atom stereocenters. The zero-order chi connectivity index (χ0) is 20.4. The molecule has 1 aliphatic rings. The molecule has 3 rings (SSSR count). The van der Waals surface area contributed by atoms with Crippen LogP contribution in [0.15, 0.2) is 39.7 Å². The molecule has 28 heavy (non-hydrogen) atoms. The number of carbonyl (C=O) groups is 3. The maximum Gasteiger partial charge on any atom is 0.329 e. The molecule has 1 saturated heterocycles. The first-order chi connectivity index (χ1) is 13.3. The van der Waals surface area contributed by atoms with Crippen molar-refractivity contribution in [3.05, 3.63) is 51.0 Å². The van der Waals surface area contributed by atoms with Gasteiger partial charge in [-0.05, 0) is 55.9 Å². The number of furan rings is 1. The molecule has 0 aliphatic carbocycles. The highest BCUT2D eigenvalue weighted by molar-refractivity contribution is 8.18. The van der Waals surface area contributed by atoms with Crippen molar-refractivity contribution >= 4 is 58.2 Å². The minimum atomic E-state index is -0.998. The van der Waals surface area contributed by atoms with Gasteiger partial charge in [0.2, 0.25) is 0 Å². The van der Waals surface area contributed by atoms with Gasteiger partial charge < -0.3 is 9.15 Å². The molecule has 1 aromatic heterocycles. The van der Waals surface area contributed by atoms with E-state index in [1.165, 1.54) is 13.0 Å². The molecule has 2 heterocycles. The molecule has 0 radical (unpaired) electrons. The van der Waals surface area contributed by atoms with Crippen LogP contribution in [-0.4, -0.2) is 34.7 Å². The first kappa shape index (κ1) is 20.5. The molecule has 0 N–H and O–H groups in total. The van der Waals surface area contributed by atoms with Crippen LogP contribution in [-0.2, 0) is 14.3 Å². The van der Waals surface area contributed by atoms with E-state index >= 15 is 0 Å². The van der Waals surface area contributed by atoms with Crippen molar-refractivity contribution in [2.24, 2.45) is 0 Å². The Morgan fingerprint density at radius 1 is 1.25 bits per heavy atom. The van der Waals surface area contributed by atoms with Gasteiger partial charge in [-0.25, -0.2) is 4.79 Å². The molecule has 9 heteroatoms. The Morgan fingerprint density at radius 2 is 2.00 bits per heavy atom. The highest BCUT2D eigenvalue weighted by atomic mass is 35.5. The van der Waals surface area contributed by atoms with Crippen molar-refractivity contribution < 1.29 is 23.5 Å². The molecular weight excluding hydrogens is 425 g/mol. The lowest BCUT2D eigenvalue weighted by molar-refractivity contribution is -0.150. The largest absolute Gasteiger partial charge is 0.464 e. The van der Waals surface area contributed by atoms with Crippen LogP contribution in [0.2, 0.25) is 10.0 Å². The first-order valence-electron chi connectivity index (χ1n) is 8.30. The summed E-state index contributed by atoms with van der Waals surface area (Å²) in [5.74, 6) is -0.284. The number of hydrogen-bond donors (Lipinski definition) is 0. The van der Waals surface area contributed by atoms with Gasteiger partial charge in [0.1, 0.15) is 17.6 Å². The zero-order valence-corrected chi connectivity index (χ0v) is 17.2. The van der Waals surface area contributed by atoms with Gasteiger partial charge in [0.05, 0.1) is 21.6 Å². The number of ether oxygens (including phenoxy) is 1. The number of esters is 1. The van der Waals surface area contributed by atoms with Crippen molar-refractivity contribution in [3.63, 3.8) is 0 Å². The molecule has 1 aliphatic heterocycles. The lowest BCUT2D eigenvalue weighted by atomic mass is 10.2. The quantitative estimate of drug-likeness (QED) is 0.468. The van der Waals surface area contributed by atoms with Gasteiger partial charge in [-0.3, -0.25) is 14.5 Å². The van der Waals surface area contributed by atoms with Gasteiger partial charge in [-0.15, -0.1) is 0 Å². The van der Waals surface area contributed by atoms with Crippen molar-refractivity contribution in [1.29, 1.82) is 0 Å². The summed E-state index contributed by atoms with van der Waals surface area (Å²) in [6.45, 7) is 3.27. The lowest BCUT2D eigenvalue weighted by Gasteiger charge is -2.19. The fraction of sp³-hybridized carbons (Fsp3) is 0.211. The maximum atomic E-state index is 12.6. The average Bonchev–Trinajstić information content (AvgIpc) is 3.22. The highest BCUT2D eigenvalue weighted by Crippen LogP contribution is 2.35. The van der Waals surface area contributed by atoms with Crippen molar-refractivity contribution in [1.82, 2.24) is 4.90 Å². The Morgan fingerprint density at radius 3 is 2.68 bits per heavy atom. The third-order valence-corrected chi connectivity index (χ3v) is 5.57. The van der Waals surface area contributed by atoms with Crippen molar-refractivity contribution in [2.75, 3.05) is 6.61 Å². The number of imide groups is 1. The number of hydrogen-bond acceptors (Lipinski definition) is 6. The van der Waals surface area contributed by atoms with Crippen LogP contribution in [0.1, 0.15) is 19.6 Å². The highest BCUT2D eigenvalue weighted by Gasteiger charge is 2.41. The third-order valence-electron chi connectivity index (χ3n) is 3.94. The summed E-state index contributed by atoms with van der Waals surface area (Å²) >= 11 is 12.7. The second-order valence-corrected chi connectivity index (χ2v) is 7.62. The van der Waals surface area contributed by atoms with E-state index in [0.29, 0.717) is 21.6 Å². The minimum Gasteiger partial charge on any atom is -0.464 e. The van der Waals surface area contributed by atoms with E-state index in [9.17, 15) is 14.4 Å². The van der Waals surface area contributed by atoms with Crippen LogP contribution in [0.5, 0.6) is 0 Å². The Hall–Kier alpha value is -2.22. The van der Waals surface area contributed by atoms with Gasteiger partial charge in [-0.2, -0.15) is 0 Å². The standard InChI is InChI=1S/C19H15Cl2NO5S/c1-3-26-18(24)10(2)22-17(23)16(28-19(22)25)9-12-5-7-15(27-12)11-4-6-13(20)14(21)8-11/h4-10H,3H2,1-2H3/b16-9-/t10-/m1/s1. The van der Waals surface area contributed by atoms with Crippen LogP contribution >= 0.6 is 35.0 Å². The third kappa shape index (κ3) is 4.11. The SMILES string of the molecule is CCOC(=O)[C@@H](C)N1C(=O)S/C(=C\c2ccc(-c3ccc(Cl)c(Cl)c3)o2)C1=O. The summed E-state index contributed by atoms with van der Waals surface area (Å²) in [5.41, 5.74) is 0.720. The van der Waals surface area contributed by atoms with Gasteiger partial charge >= 0.3 is 5.97 Å². The van der Waals surface area contributed by atoms with Gasteiger partial charge in [0.15, 0.2) is 0 Å². The molecular formula is C19H15Cl2NO5S. The molecule has 0 unspecified atom stereocenters. The predicted octanol–water partition coefficient (Wildman–Crippen LogP) is 5.24.